The number of nitrogens with one attached hydrogen (secondary N) is 1. The smallest absolute Gasteiger partial charge is 0.310 e. The van der Waals surface area contributed by atoms with Crippen LogP contribution in [0.3, 0.4) is 0 Å². The van der Waals surface area contributed by atoms with Crippen LogP contribution in [-0.4, -0.2) is 38.9 Å². The third kappa shape index (κ3) is 3.16. The highest BCUT2D eigenvalue weighted by atomic mass is 32.2. The second kappa shape index (κ2) is 5.61. The van der Waals surface area contributed by atoms with E-state index in [1.54, 1.807) is 7.11 Å². The molecule has 1 fully saturated rings. The summed E-state index contributed by atoms with van der Waals surface area (Å²) in [4.78, 5) is 10.3. The molecule has 116 valence electrons. The Morgan fingerprint density at radius 1 is 1.43 bits per heavy atom. The molecule has 0 radical (unpaired) electrons. The van der Waals surface area contributed by atoms with Gasteiger partial charge in [0.15, 0.2) is 9.84 Å². The number of benzene rings is 1. The number of para-hydroxylation sites is 1. The SMILES string of the molecule is COC1(CNc2cccc(S(C)(=O)=O)c2[N+](=O)[O-])CCC1. The molecule has 0 aromatic heterocycles. The Balaban J connectivity index is 2.33. The molecule has 0 heterocycles. The minimum Gasteiger partial charge on any atom is -0.377 e. The van der Waals surface area contributed by atoms with E-state index in [4.69, 9.17) is 4.74 Å². The Hall–Kier alpha value is -1.67. The second-order valence-corrected chi connectivity index (χ2v) is 7.26. The lowest BCUT2D eigenvalue weighted by Gasteiger charge is -2.40. The topological polar surface area (TPSA) is 98.5 Å². The van der Waals surface area contributed by atoms with Crippen LogP contribution in [0.2, 0.25) is 0 Å². The van der Waals surface area contributed by atoms with E-state index in [2.05, 4.69) is 5.32 Å². The van der Waals surface area contributed by atoms with Crippen molar-refractivity contribution in [1.29, 1.82) is 0 Å². The number of anilines is 1. The number of ether oxygens (including phenoxy) is 1. The first-order valence-corrected chi connectivity index (χ1v) is 8.45. The molecule has 1 N–H and O–H groups in total. The fourth-order valence-corrected chi connectivity index (χ4v) is 3.29. The van der Waals surface area contributed by atoms with Crippen molar-refractivity contribution in [3.05, 3.63) is 28.3 Å². The van der Waals surface area contributed by atoms with Gasteiger partial charge < -0.3 is 10.1 Å². The molecule has 21 heavy (non-hydrogen) atoms. The molecule has 0 aliphatic heterocycles. The Morgan fingerprint density at radius 3 is 2.52 bits per heavy atom. The summed E-state index contributed by atoms with van der Waals surface area (Å²) < 4.78 is 28.8. The lowest BCUT2D eigenvalue weighted by Crippen LogP contribution is -2.45. The molecule has 0 bridgehead atoms. The van der Waals surface area contributed by atoms with Crippen LogP contribution in [-0.2, 0) is 14.6 Å². The third-order valence-electron chi connectivity index (χ3n) is 3.88. The van der Waals surface area contributed by atoms with Gasteiger partial charge in [-0.1, -0.05) is 6.07 Å². The van der Waals surface area contributed by atoms with Gasteiger partial charge in [0.1, 0.15) is 10.6 Å². The normalized spacial score (nSPS) is 17.0. The van der Waals surface area contributed by atoms with E-state index >= 15 is 0 Å². The van der Waals surface area contributed by atoms with Gasteiger partial charge >= 0.3 is 5.69 Å². The standard InChI is InChI=1S/C13H18N2O5S/c1-20-13(7-4-8-13)9-14-10-5-3-6-11(21(2,18)19)12(10)15(16)17/h3,5-6,14H,4,7-9H2,1-2H3. The maximum absolute atomic E-state index is 11.7. The molecule has 1 aliphatic carbocycles. The van der Waals surface area contributed by atoms with Gasteiger partial charge in [-0.15, -0.1) is 0 Å². The molecule has 0 amide bonds. The van der Waals surface area contributed by atoms with Gasteiger partial charge in [-0.3, -0.25) is 10.1 Å². The van der Waals surface area contributed by atoms with Crippen LogP contribution in [0, 0.1) is 10.1 Å². The highest BCUT2D eigenvalue weighted by Gasteiger charge is 2.37. The molecule has 7 nitrogen and oxygen atoms in total. The monoisotopic (exact) mass is 314 g/mol. The van der Waals surface area contributed by atoms with Gasteiger partial charge in [0.2, 0.25) is 0 Å². The minimum absolute atomic E-state index is 0.200. The van der Waals surface area contributed by atoms with Crippen molar-refractivity contribution in [3.8, 4) is 0 Å². The first kappa shape index (κ1) is 15.7. The van der Waals surface area contributed by atoms with Crippen LogP contribution < -0.4 is 5.32 Å². The van der Waals surface area contributed by atoms with Crippen LogP contribution in [0.1, 0.15) is 19.3 Å². The maximum atomic E-state index is 11.7. The predicted molar refractivity (Wildman–Crippen MR) is 78.3 cm³/mol. The van der Waals surface area contributed by atoms with Gasteiger partial charge in [-0.05, 0) is 31.4 Å². The molecule has 2 rings (SSSR count). The molecule has 8 heteroatoms. The zero-order valence-corrected chi connectivity index (χ0v) is 12.8. The second-order valence-electron chi connectivity index (χ2n) is 5.28. The quantitative estimate of drug-likeness (QED) is 0.637. The van der Waals surface area contributed by atoms with E-state index in [0.29, 0.717) is 6.54 Å². The van der Waals surface area contributed by atoms with Crippen LogP contribution in [0.25, 0.3) is 0 Å². The largest absolute Gasteiger partial charge is 0.377 e. The van der Waals surface area contributed by atoms with Gasteiger partial charge in [0.05, 0.1) is 10.5 Å². The number of hydrogen-bond donors (Lipinski definition) is 1. The van der Waals surface area contributed by atoms with Crippen molar-refractivity contribution in [2.24, 2.45) is 0 Å². The van der Waals surface area contributed by atoms with E-state index in [1.165, 1.54) is 18.2 Å². The van der Waals surface area contributed by atoms with Crippen LogP contribution in [0.4, 0.5) is 11.4 Å². The summed E-state index contributed by atoms with van der Waals surface area (Å²) in [6.07, 6.45) is 3.79. The van der Waals surface area contributed by atoms with Crippen LogP contribution in [0.5, 0.6) is 0 Å². The third-order valence-corrected chi connectivity index (χ3v) is 5.01. The minimum atomic E-state index is -3.66. The summed E-state index contributed by atoms with van der Waals surface area (Å²) in [5, 5.41) is 14.2. The number of hydrogen-bond acceptors (Lipinski definition) is 6. The highest BCUT2D eigenvalue weighted by Crippen LogP contribution is 2.37. The Kier molecular flexibility index (Phi) is 4.20. The van der Waals surface area contributed by atoms with Crippen molar-refractivity contribution >= 4 is 21.2 Å². The summed E-state index contributed by atoms with van der Waals surface area (Å²) >= 11 is 0. The zero-order chi connectivity index (χ0) is 15.7. The van der Waals surface area contributed by atoms with Crippen molar-refractivity contribution in [3.63, 3.8) is 0 Å². The Bertz CT molecular complexity index is 647. The Morgan fingerprint density at radius 2 is 2.10 bits per heavy atom. The van der Waals surface area contributed by atoms with E-state index in [0.717, 1.165) is 25.5 Å². The van der Waals surface area contributed by atoms with Crippen LogP contribution in [0.15, 0.2) is 23.1 Å². The first-order chi connectivity index (χ1) is 9.79. The van der Waals surface area contributed by atoms with Gasteiger partial charge in [-0.25, -0.2) is 8.42 Å². The molecule has 0 unspecified atom stereocenters. The molecule has 0 atom stereocenters. The number of methoxy groups -OCH3 is 1. The van der Waals surface area contributed by atoms with Crippen molar-refractivity contribution in [1.82, 2.24) is 0 Å². The number of nitrogens with zero attached hydrogens (tertiary/aromatic N) is 1. The zero-order valence-electron chi connectivity index (χ0n) is 12.0. The van der Waals surface area contributed by atoms with Gasteiger partial charge in [-0.2, -0.15) is 0 Å². The molecular weight excluding hydrogens is 296 g/mol. The number of nitro groups is 1. The number of rotatable bonds is 6. The molecule has 0 spiro atoms. The fraction of sp³-hybridized carbons (Fsp3) is 0.538. The van der Waals surface area contributed by atoms with E-state index in [-0.39, 0.29) is 16.2 Å². The summed E-state index contributed by atoms with van der Waals surface area (Å²) in [5.41, 5.74) is -0.522. The number of nitro benzene ring substituents is 1. The molecule has 0 saturated heterocycles. The lowest BCUT2D eigenvalue weighted by molar-refractivity contribution is -0.386. The lowest BCUT2D eigenvalue weighted by atomic mass is 9.80. The van der Waals surface area contributed by atoms with Crippen molar-refractivity contribution in [2.75, 3.05) is 25.2 Å². The fourth-order valence-electron chi connectivity index (χ4n) is 2.43. The summed E-state index contributed by atoms with van der Waals surface area (Å²) in [5.74, 6) is 0. The van der Waals surface area contributed by atoms with Gasteiger partial charge in [0.25, 0.3) is 0 Å². The summed E-state index contributed by atoms with van der Waals surface area (Å²) in [6.45, 7) is 0.414. The number of sulfone groups is 1. The van der Waals surface area contributed by atoms with Crippen molar-refractivity contribution in [2.45, 2.75) is 29.8 Å². The maximum Gasteiger partial charge on any atom is 0.310 e. The van der Waals surface area contributed by atoms with Crippen molar-refractivity contribution < 1.29 is 18.1 Å². The first-order valence-electron chi connectivity index (χ1n) is 6.56. The van der Waals surface area contributed by atoms with E-state index in [9.17, 15) is 18.5 Å². The Labute approximate surface area is 123 Å². The molecule has 1 aromatic rings. The molecule has 1 aromatic carbocycles. The predicted octanol–water partition coefficient (Wildman–Crippen LogP) is 1.98. The van der Waals surface area contributed by atoms with Crippen LogP contribution >= 0.6 is 0 Å². The molecule has 1 aliphatic rings. The molecular formula is C13H18N2O5S. The highest BCUT2D eigenvalue weighted by molar-refractivity contribution is 7.90. The van der Waals surface area contributed by atoms with Gasteiger partial charge in [0, 0.05) is 19.9 Å². The average molecular weight is 314 g/mol. The van der Waals surface area contributed by atoms with E-state index in [1.807, 2.05) is 0 Å². The average Bonchev–Trinajstić information content (AvgIpc) is 2.36. The summed E-state index contributed by atoms with van der Waals surface area (Å²) in [6, 6.07) is 4.24. The molecule has 1 saturated carbocycles. The summed E-state index contributed by atoms with van der Waals surface area (Å²) in [7, 11) is -2.05. The van der Waals surface area contributed by atoms with E-state index < -0.39 is 20.4 Å².